The molecule has 0 radical (unpaired) electrons. The summed E-state index contributed by atoms with van der Waals surface area (Å²) in [5.41, 5.74) is 13.3. The third-order valence-corrected chi connectivity index (χ3v) is 11.9. The molecular weight excluding hydrogens is 701 g/mol. The molecule has 0 N–H and O–H groups in total. The van der Waals surface area contributed by atoms with Gasteiger partial charge >= 0.3 is 0 Å². The molecule has 0 bridgehead atoms. The molecule has 0 amide bonds. The van der Waals surface area contributed by atoms with Gasteiger partial charge in [0.05, 0.1) is 11.4 Å². The maximum Gasteiger partial charge on any atom is 0.160 e. The fourth-order valence-electron chi connectivity index (χ4n) is 8.00. The maximum absolute atomic E-state index is 6.33. The van der Waals surface area contributed by atoms with Crippen molar-refractivity contribution in [2.75, 3.05) is 0 Å². The van der Waals surface area contributed by atoms with E-state index in [1.54, 1.807) is 0 Å². The third kappa shape index (κ3) is 5.58. The fraction of sp³-hybridized carbons (Fsp3) is 0. The molecule has 0 aliphatic heterocycles. The van der Waals surface area contributed by atoms with E-state index < -0.39 is 0 Å². The van der Waals surface area contributed by atoms with Crippen molar-refractivity contribution in [3.05, 3.63) is 194 Å². The molecule has 3 aromatic heterocycles. The highest BCUT2D eigenvalue weighted by Crippen LogP contribution is 2.43. The second kappa shape index (κ2) is 13.3. The Labute approximate surface area is 327 Å². The summed E-state index contributed by atoms with van der Waals surface area (Å²) in [6.45, 7) is 0. The highest BCUT2D eigenvalue weighted by molar-refractivity contribution is 7.26. The van der Waals surface area contributed by atoms with Crippen molar-refractivity contribution in [2.24, 2.45) is 0 Å². The van der Waals surface area contributed by atoms with Gasteiger partial charge in [-0.3, -0.25) is 0 Å². The summed E-state index contributed by atoms with van der Waals surface area (Å²) in [6.07, 6.45) is 0. The summed E-state index contributed by atoms with van der Waals surface area (Å²) < 4.78 is 8.91. The van der Waals surface area contributed by atoms with Gasteiger partial charge in [0.25, 0.3) is 0 Å². The summed E-state index contributed by atoms with van der Waals surface area (Å²) in [5.74, 6) is 0.680. The minimum atomic E-state index is 0.680. The molecule has 0 saturated heterocycles. The van der Waals surface area contributed by atoms with E-state index >= 15 is 0 Å². The van der Waals surface area contributed by atoms with Crippen LogP contribution in [0.15, 0.2) is 199 Å². The van der Waals surface area contributed by atoms with Crippen LogP contribution in [0.4, 0.5) is 0 Å². The Balaban J connectivity index is 1.13. The third-order valence-electron chi connectivity index (χ3n) is 10.7. The highest BCUT2D eigenvalue weighted by Gasteiger charge is 2.18. The number of hydrogen-bond donors (Lipinski definition) is 0. The molecule has 0 aliphatic rings. The molecule has 3 heterocycles. The van der Waals surface area contributed by atoms with Crippen LogP contribution >= 0.6 is 11.3 Å². The summed E-state index contributed by atoms with van der Waals surface area (Å²) in [7, 11) is 0. The van der Waals surface area contributed by atoms with Crippen LogP contribution in [0.1, 0.15) is 0 Å². The lowest BCUT2D eigenvalue weighted by Crippen LogP contribution is -1.97. The summed E-state index contributed by atoms with van der Waals surface area (Å²) in [4.78, 5) is 10.6. The summed E-state index contributed by atoms with van der Waals surface area (Å²) >= 11 is 1.85. The van der Waals surface area contributed by atoms with Gasteiger partial charge in [-0.05, 0) is 81.9 Å². The van der Waals surface area contributed by atoms with Crippen LogP contribution < -0.4 is 0 Å². The van der Waals surface area contributed by atoms with Crippen molar-refractivity contribution in [1.29, 1.82) is 0 Å². The molecule has 0 unspecified atom stereocenters. The monoisotopic (exact) mass is 732 g/mol. The van der Waals surface area contributed by atoms with Crippen LogP contribution in [0.3, 0.4) is 0 Å². The smallest absolute Gasteiger partial charge is 0.160 e. The fourth-order valence-corrected chi connectivity index (χ4v) is 9.24. The van der Waals surface area contributed by atoms with Crippen molar-refractivity contribution in [3.8, 4) is 67.3 Å². The molecule has 3 nitrogen and oxygen atoms in total. The molecule has 0 aliphatic carbocycles. The number of rotatable bonds is 6. The normalized spacial score (nSPS) is 11.6. The first-order valence-corrected chi connectivity index (χ1v) is 19.6. The van der Waals surface area contributed by atoms with Gasteiger partial charge in [-0.2, -0.15) is 0 Å². The molecular formula is C52H32N2OS. The standard InChI is InChI=1S/C52H32N2OS/c1-3-14-33(15-4-1)36-28-37(40-22-13-23-45-44-21-10-12-25-50(44)56-51(40)45)30-38(29-36)46-32-47(54-52(53-46)34-16-5-2-6-17-34)41-19-8-7-18-39(41)35-26-27-43-42-20-9-11-24-48(42)55-49(43)31-35/h1-32H. The van der Waals surface area contributed by atoms with Crippen LogP contribution in [0, 0.1) is 0 Å². The van der Waals surface area contributed by atoms with Crippen molar-refractivity contribution in [1.82, 2.24) is 9.97 Å². The molecule has 0 saturated carbocycles. The maximum atomic E-state index is 6.33. The first-order valence-electron chi connectivity index (χ1n) is 18.8. The lowest BCUT2D eigenvalue weighted by atomic mass is 9.93. The van der Waals surface area contributed by atoms with Crippen LogP contribution in [0.2, 0.25) is 0 Å². The van der Waals surface area contributed by atoms with Crippen LogP contribution in [-0.4, -0.2) is 9.97 Å². The van der Waals surface area contributed by atoms with Crippen LogP contribution in [-0.2, 0) is 0 Å². The SMILES string of the molecule is c1ccc(-c2cc(-c3cc(-c4ccccc4-c4ccc5c(c4)oc4ccccc45)nc(-c4ccccc4)n3)cc(-c3cccc4c3sc3ccccc34)c2)cc1. The molecule has 11 aromatic rings. The van der Waals surface area contributed by atoms with Gasteiger partial charge in [0.2, 0.25) is 0 Å². The summed E-state index contributed by atoms with van der Waals surface area (Å²) in [6, 6.07) is 68.5. The van der Waals surface area contributed by atoms with E-state index in [1.807, 2.05) is 41.7 Å². The Hall–Kier alpha value is -7.14. The topological polar surface area (TPSA) is 38.9 Å². The van der Waals surface area contributed by atoms with Gasteiger partial charge in [0, 0.05) is 47.6 Å². The number of para-hydroxylation sites is 1. The Morgan fingerprint density at radius 2 is 0.964 bits per heavy atom. The number of hydrogen-bond acceptors (Lipinski definition) is 4. The lowest BCUT2D eigenvalue weighted by molar-refractivity contribution is 0.669. The van der Waals surface area contributed by atoms with Gasteiger partial charge in [0.15, 0.2) is 5.82 Å². The van der Waals surface area contributed by atoms with E-state index in [1.165, 1.54) is 25.7 Å². The number of nitrogens with zero attached hydrogens (tertiary/aromatic N) is 2. The Morgan fingerprint density at radius 1 is 0.339 bits per heavy atom. The molecule has 56 heavy (non-hydrogen) atoms. The zero-order chi connectivity index (χ0) is 37.0. The van der Waals surface area contributed by atoms with E-state index in [0.717, 1.165) is 77.8 Å². The number of fused-ring (bicyclic) bond motifs is 6. The van der Waals surface area contributed by atoms with Crippen molar-refractivity contribution in [3.63, 3.8) is 0 Å². The van der Waals surface area contributed by atoms with Crippen molar-refractivity contribution < 1.29 is 4.42 Å². The Bertz CT molecular complexity index is 3250. The lowest BCUT2D eigenvalue weighted by Gasteiger charge is -2.15. The first-order chi connectivity index (χ1) is 27.7. The van der Waals surface area contributed by atoms with E-state index in [4.69, 9.17) is 14.4 Å². The number of furan rings is 1. The molecule has 11 rings (SSSR count). The zero-order valence-electron chi connectivity index (χ0n) is 30.2. The van der Waals surface area contributed by atoms with E-state index in [2.05, 4.69) is 164 Å². The largest absolute Gasteiger partial charge is 0.456 e. The molecule has 0 fully saturated rings. The van der Waals surface area contributed by atoms with Gasteiger partial charge < -0.3 is 4.42 Å². The minimum Gasteiger partial charge on any atom is -0.456 e. The van der Waals surface area contributed by atoms with Crippen molar-refractivity contribution >= 4 is 53.4 Å². The van der Waals surface area contributed by atoms with Crippen molar-refractivity contribution in [2.45, 2.75) is 0 Å². The second-order valence-electron chi connectivity index (χ2n) is 14.1. The van der Waals surface area contributed by atoms with Gasteiger partial charge in [0.1, 0.15) is 11.2 Å². The van der Waals surface area contributed by atoms with Gasteiger partial charge in [-0.25, -0.2) is 9.97 Å². The Morgan fingerprint density at radius 3 is 1.82 bits per heavy atom. The predicted octanol–water partition coefficient (Wildman–Crippen LogP) is 14.7. The molecule has 8 aromatic carbocycles. The van der Waals surface area contributed by atoms with E-state index in [0.29, 0.717) is 5.82 Å². The highest BCUT2D eigenvalue weighted by atomic mass is 32.1. The predicted molar refractivity (Wildman–Crippen MR) is 235 cm³/mol. The first kappa shape index (κ1) is 32.3. The average Bonchev–Trinajstić information content (AvgIpc) is 3.85. The molecule has 0 atom stereocenters. The summed E-state index contributed by atoms with van der Waals surface area (Å²) in [5, 5.41) is 4.80. The quantitative estimate of drug-likeness (QED) is 0.171. The molecule has 0 spiro atoms. The molecule has 262 valence electrons. The Kier molecular flexibility index (Phi) is 7.68. The van der Waals surface area contributed by atoms with Crippen LogP contribution in [0.5, 0.6) is 0 Å². The average molecular weight is 733 g/mol. The number of thiophene rings is 1. The van der Waals surface area contributed by atoms with E-state index in [9.17, 15) is 0 Å². The van der Waals surface area contributed by atoms with Gasteiger partial charge in [-0.1, -0.05) is 146 Å². The van der Waals surface area contributed by atoms with Crippen LogP contribution in [0.25, 0.3) is 109 Å². The zero-order valence-corrected chi connectivity index (χ0v) is 31.0. The molecule has 4 heteroatoms. The van der Waals surface area contributed by atoms with Gasteiger partial charge in [-0.15, -0.1) is 11.3 Å². The number of aromatic nitrogens is 2. The minimum absolute atomic E-state index is 0.680. The second-order valence-corrected chi connectivity index (χ2v) is 15.2. The number of benzene rings is 8. The van der Waals surface area contributed by atoms with E-state index in [-0.39, 0.29) is 0 Å².